The number of methoxy groups -OCH3 is 2. The van der Waals surface area contributed by atoms with Gasteiger partial charge in [0.1, 0.15) is 11.5 Å². The smallest absolute Gasteiger partial charge is 0.311 e. The Hall–Kier alpha value is -3.01. The normalized spacial score (nSPS) is 15.8. The van der Waals surface area contributed by atoms with Crippen LogP contribution in [0.3, 0.4) is 0 Å². The number of halogens is 1. The topological polar surface area (TPSA) is 123 Å². The number of benzene rings is 1. The lowest BCUT2D eigenvalue weighted by atomic mass is 10.1. The maximum absolute atomic E-state index is 12.4. The maximum Gasteiger partial charge on any atom is 0.311 e. The van der Waals surface area contributed by atoms with E-state index in [4.69, 9.17) is 25.8 Å². The van der Waals surface area contributed by atoms with Gasteiger partial charge in [0.15, 0.2) is 6.61 Å². The third kappa shape index (κ3) is 5.03. The molecule has 0 spiro atoms. The minimum Gasteiger partial charge on any atom is -0.495 e. The molecule has 0 radical (unpaired) electrons. The number of esters is 1. The molecular weight excluding hydrogens is 394 g/mol. The standard InChI is InChI=1S/C17H20ClN3O7/c1-9(22)19-20-15(23)8-28-17(25)10-4-16(24)21(7-10)12-5-11(18)13(26-2)6-14(12)27-3/h5-6,10H,4,7-8H2,1-3H3,(H,19,22)(H,20,23)/t10-/m1/s1. The van der Waals surface area contributed by atoms with Crippen LogP contribution < -0.4 is 25.2 Å². The third-order valence-electron chi connectivity index (χ3n) is 3.93. The molecule has 10 nitrogen and oxygen atoms in total. The SMILES string of the molecule is COc1cc(OC)c(N2C[C@H](C(=O)OCC(=O)NNC(C)=O)CC2=O)cc1Cl. The van der Waals surface area contributed by atoms with E-state index in [1.165, 1.54) is 32.1 Å². The average Bonchev–Trinajstić information content (AvgIpc) is 3.05. The van der Waals surface area contributed by atoms with Gasteiger partial charge in [0.25, 0.3) is 5.91 Å². The summed E-state index contributed by atoms with van der Waals surface area (Å²) < 4.78 is 15.3. The minimum atomic E-state index is -0.758. The lowest BCUT2D eigenvalue weighted by Crippen LogP contribution is -2.42. The molecule has 3 amide bonds. The number of ether oxygens (including phenoxy) is 3. The van der Waals surface area contributed by atoms with Crippen molar-refractivity contribution in [3.8, 4) is 11.5 Å². The Bertz CT molecular complexity index is 799. The van der Waals surface area contributed by atoms with Crippen LogP contribution in [0.15, 0.2) is 12.1 Å². The fourth-order valence-electron chi connectivity index (χ4n) is 2.60. The van der Waals surface area contributed by atoms with Gasteiger partial charge in [-0.05, 0) is 6.07 Å². The fraction of sp³-hybridized carbons (Fsp3) is 0.412. The molecular formula is C17H20ClN3O7. The van der Waals surface area contributed by atoms with Crippen LogP contribution >= 0.6 is 11.6 Å². The van der Waals surface area contributed by atoms with Crippen molar-refractivity contribution in [2.24, 2.45) is 5.92 Å². The molecule has 1 fully saturated rings. The number of amides is 3. The second kappa shape index (κ2) is 9.27. The number of nitrogens with zero attached hydrogens (tertiary/aromatic N) is 1. The van der Waals surface area contributed by atoms with Gasteiger partial charge in [-0.1, -0.05) is 11.6 Å². The van der Waals surface area contributed by atoms with Crippen LogP contribution in [0, 0.1) is 5.92 Å². The quantitative estimate of drug-likeness (QED) is 0.511. The average molecular weight is 414 g/mol. The van der Waals surface area contributed by atoms with Crippen molar-refractivity contribution in [1.82, 2.24) is 10.9 Å². The van der Waals surface area contributed by atoms with Gasteiger partial charge in [0.2, 0.25) is 11.8 Å². The molecule has 1 saturated heterocycles. The van der Waals surface area contributed by atoms with Crippen molar-refractivity contribution in [2.75, 3.05) is 32.3 Å². The van der Waals surface area contributed by atoms with Crippen LogP contribution in [-0.4, -0.2) is 51.1 Å². The number of hydrogen-bond acceptors (Lipinski definition) is 7. The van der Waals surface area contributed by atoms with Gasteiger partial charge >= 0.3 is 5.97 Å². The van der Waals surface area contributed by atoms with Crippen molar-refractivity contribution in [1.29, 1.82) is 0 Å². The largest absolute Gasteiger partial charge is 0.495 e. The fourth-order valence-corrected chi connectivity index (χ4v) is 2.84. The summed E-state index contributed by atoms with van der Waals surface area (Å²) in [6.45, 7) is 0.677. The van der Waals surface area contributed by atoms with E-state index in [1.54, 1.807) is 6.07 Å². The number of hydrogen-bond donors (Lipinski definition) is 2. The summed E-state index contributed by atoms with van der Waals surface area (Å²) in [5, 5.41) is 0.284. The zero-order chi connectivity index (χ0) is 20.8. The first-order chi connectivity index (χ1) is 13.3. The summed E-state index contributed by atoms with van der Waals surface area (Å²) in [6, 6.07) is 3.06. The first-order valence-corrected chi connectivity index (χ1v) is 8.58. The second-order valence-corrected chi connectivity index (χ2v) is 6.31. The van der Waals surface area contributed by atoms with Crippen molar-refractivity contribution >= 4 is 41.0 Å². The van der Waals surface area contributed by atoms with E-state index < -0.39 is 30.3 Å². The van der Waals surface area contributed by atoms with Gasteiger partial charge in [-0.25, -0.2) is 0 Å². The van der Waals surface area contributed by atoms with Gasteiger partial charge in [-0.15, -0.1) is 0 Å². The highest BCUT2D eigenvalue weighted by molar-refractivity contribution is 6.32. The predicted octanol–water partition coefficient (Wildman–Crippen LogP) is 0.421. The first kappa shape index (κ1) is 21.3. The molecule has 28 heavy (non-hydrogen) atoms. The Balaban J connectivity index is 2.03. The lowest BCUT2D eigenvalue weighted by Gasteiger charge is -2.20. The van der Waals surface area contributed by atoms with Gasteiger partial charge < -0.3 is 19.1 Å². The molecule has 0 aliphatic carbocycles. The maximum atomic E-state index is 12.4. The highest BCUT2D eigenvalue weighted by Crippen LogP contribution is 2.40. The zero-order valence-corrected chi connectivity index (χ0v) is 16.3. The van der Waals surface area contributed by atoms with Gasteiger partial charge in [0, 0.05) is 26.0 Å². The van der Waals surface area contributed by atoms with E-state index >= 15 is 0 Å². The molecule has 0 bridgehead atoms. The Labute approximate surface area is 166 Å². The number of carbonyl (C=O) groups excluding carboxylic acids is 4. The molecule has 1 atom stereocenters. The van der Waals surface area contributed by atoms with Gasteiger partial charge in [-0.2, -0.15) is 0 Å². The molecule has 0 unspecified atom stereocenters. The predicted molar refractivity (Wildman–Crippen MR) is 97.9 cm³/mol. The van der Waals surface area contributed by atoms with Crippen LogP contribution in [-0.2, 0) is 23.9 Å². The van der Waals surface area contributed by atoms with Crippen molar-refractivity contribution in [2.45, 2.75) is 13.3 Å². The van der Waals surface area contributed by atoms with Crippen LogP contribution in [0.5, 0.6) is 11.5 Å². The Morgan fingerprint density at radius 2 is 1.86 bits per heavy atom. The van der Waals surface area contributed by atoms with E-state index in [-0.39, 0.29) is 23.9 Å². The summed E-state index contributed by atoms with van der Waals surface area (Å²) in [5.74, 6) is -2.20. The highest BCUT2D eigenvalue weighted by Gasteiger charge is 2.37. The molecule has 0 saturated carbocycles. The number of carbonyl (C=O) groups is 4. The van der Waals surface area contributed by atoms with E-state index in [9.17, 15) is 19.2 Å². The Kier molecular flexibility index (Phi) is 7.05. The van der Waals surface area contributed by atoms with Gasteiger partial charge in [0.05, 0.1) is 30.8 Å². The third-order valence-corrected chi connectivity index (χ3v) is 4.22. The summed E-state index contributed by atoms with van der Waals surface area (Å²) >= 11 is 6.14. The molecule has 2 N–H and O–H groups in total. The molecule has 0 aromatic heterocycles. The molecule has 1 aromatic rings. The summed E-state index contributed by atoms with van der Waals surface area (Å²) in [4.78, 5) is 48.1. The lowest BCUT2D eigenvalue weighted by molar-refractivity contribution is -0.152. The molecule has 1 aliphatic heterocycles. The number of anilines is 1. The molecule has 1 heterocycles. The van der Waals surface area contributed by atoms with Crippen molar-refractivity contribution in [3.63, 3.8) is 0 Å². The number of rotatable bonds is 6. The second-order valence-electron chi connectivity index (χ2n) is 5.90. The Morgan fingerprint density at radius 3 is 2.46 bits per heavy atom. The molecule has 2 rings (SSSR count). The molecule has 152 valence electrons. The minimum absolute atomic E-state index is 0.0456. The van der Waals surface area contributed by atoms with Crippen molar-refractivity contribution < 1.29 is 33.4 Å². The first-order valence-electron chi connectivity index (χ1n) is 8.20. The van der Waals surface area contributed by atoms with Gasteiger partial charge in [-0.3, -0.25) is 30.0 Å². The van der Waals surface area contributed by atoms with Crippen LogP contribution in [0.2, 0.25) is 5.02 Å². The van der Waals surface area contributed by atoms with Crippen molar-refractivity contribution in [3.05, 3.63) is 17.2 Å². The molecule has 1 aliphatic rings. The molecule has 11 heteroatoms. The summed E-state index contributed by atoms with van der Waals surface area (Å²) in [7, 11) is 2.89. The van der Waals surface area contributed by atoms with E-state index in [0.29, 0.717) is 17.2 Å². The highest BCUT2D eigenvalue weighted by atomic mass is 35.5. The monoisotopic (exact) mass is 413 g/mol. The Morgan fingerprint density at radius 1 is 1.18 bits per heavy atom. The van der Waals surface area contributed by atoms with E-state index in [2.05, 4.69) is 10.9 Å². The van der Waals surface area contributed by atoms with Crippen LogP contribution in [0.25, 0.3) is 0 Å². The van der Waals surface area contributed by atoms with E-state index in [1.807, 2.05) is 0 Å². The van der Waals surface area contributed by atoms with Crippen LogP contribution in [0.4, 0.5) is 5.69 Å². The van der Waals surface area contributed by atoms with E-state index in [0.717, 1.165) is 0 Å². The van der Waals surface area contributed by atoms with Crippen LogP contribution in [0.1, 0.15) is 13.3 Å². The zero-order valence-electron chi connectivity index (χ0n) is 15.5. The number of nitrogens with one attached hydrogen (secondary N) is 2. The number of hydrazine groups is 1. The summed E-state index contributed by atoms with van der Waals surface area (Å²) in [6.07, 6.45) is -0.0844. The molecule has 1 aromatic carbocycles. The summed E-state index contributed by atoms with van der Waals surface area (Å²) in [5.41, 5.74) is 4.54.